The number of aromatic nitrogens is 1. The van der Waals surface area contributed by atoms with Gasteiger partial charge in [0.1, 0.15) is 11.6 Å². The molecular formula is C24H22N4O. The molecule has 0 aliphatic heterocycles. The van der Waals surface area contributed by atoms with Crippen molar-refractivity contribution in [1.82, 2.24) is 4.57 Å². The maximum atomic E-state index is 12.8. The first-order chi connectivity index (χ1) is 13.9. The number of amides is 1. The molecule has 1 heterocycles. The lowest BCUT2D eigenvalue weighted by Crippen LogP contribution is -2.15. The lowest BCUT2D eigenvalue weighted by molar-refractivity contribution is -0.112. The summed E-state index contributed by atoms with van der Waals surface area (Å²) in [5, 5.41) is 22.3. The second-order valence-corrected chi connectivity index (χ2v) is 7.10. The van der Waals surface area contributed by atoms with Gasteiger partial charge in [-0.05, 0) is 44.0 Å². The second-order valence-electron chi connectivity index (χ2n) is 7.10. The SMILES string of the molecule is Cc1cc(C)c(NC(=O)/C(C#N)=C/c2cn(CCC#N)c3ccccc23)c(C)c1. The molecule has 3 rings (SSSR count). The summed E-state index contributed by atoms with van der Waals surface area (Å²) in [5.74, 6) is -0.434. The van der Waals surface area contributed by atoms with Gasteiger partial charge in [-0.1, -0.05) is 35.9 Å². The Morgan fingerprint density at radius 1 is 1.14 bits per heavy atom. The number of anilines is 1. The normalized spacial score (nSPS) is 11.1. The van der Waals surface area contributed by atoms with Gasteiger partial charge in [-0.2, -0.15) is 10.5 Å². The van der Waals surface area contributed by atoms with Crippen molar-refractivity contribution < 1.29 is 4.79 Å². The molecule has 29 heavy (non-hydrogen) atoms. The Hall–Kier alpha value is -3.83. The molecule has 2 aromatic carbocycles. The quantitative estimate of drug-likeness (QED) is 0.496. The number of hydrogen-bond acceptors (Lipinski definition) is 3. The minimum Gasteiger partial charge on any atom is -0.346 e. The number of benzene rings is 2. The van der Waals surface area contributed by atoms with E-state index in [9.17, 15) is 10.1 Å². The van der Waals surface area contributed by atoms with E-state index in [4.69, 9.17) is 5.26 Å². The minimum absolute atomic E-state index is 0.0348. The van der Waals surface area contributed by atoms with Gasteiger partial charge < -0.3 is 9.88 Å². The topological polar surface area (TPSA) is 81.6 Å². The van der Waals surface area contributed by atoms with Crippen molar-refractivity contribution >= 4 is 28.6 Å². The van der Waals surface area contributed by atoms with Crippen LogP contribution in [0.3, 0.4) is 0 Å². The summed E-state index contributed by atoms with van der Waals surface area (Å²) in [4.78, 5) is 12.8. The molecule has 5 nitrogen and oxygen atoms in total. The van der Waals surface area contributed by atoms with E-state index in [1.165, 1.54) is 0 Å². The molecule has 5 heteroatoms. The molecule has 0 aliphatic rings. The molecule has 0 bridgehead atoms. The van der Waals surface area contributed by atoms with Gasteiger partial charge >= 0.3 is 0 Å². The number of rotatable bonds is 5. The van der Waals surface area contributed by atoms with E-state index < -0.39 is 5.91 Å². The van der Waals surface area contributed by atoms with Gasteiger partial charge in [-0.25, -0.2) is 0 Å². The van der Waals surface area contributed by atoms with Gasteiger partial charge in [0.05, 0.1) is 12.5 Å². The Balaban J connectivity index is 1.98. The number of nitriles is 2. The highest BCUT2D eigenvalue weighted by molar-refractivity contribution is 6.11. The van der Waals surface area contributed by atoms with Crippen LogP contribution in [-0.2, 0) is 11.3 Å². The van der Waals surface area contributed by atoms with E-state index in [1.54, 1.807) is 6.08 Å². The molecule has 3 aromatic rings. The summed E-state index contributed by atoms with van der Waals surface area (Å²) in [6.45, 7) is 6.44. The zero-order valence-electron chi connectivity index (χ0n) is 16.8. The molecule has 1 N–H and O–H groups in total. The monoisotopic (exact) mass is 382 g/mol. The van der Waals surface area contributed by atoms with Gasteiger partial charge in [0.25, 0.3) is 5.91 Å². The predicted molar refractivity (Wildman–Crippen MR) is 115 cm³/mol. The van der Waals surface area contributed by atoms with Gasteiger partial charge in [0.15, 0.2) is 0 Å². The van der Waals surface area contributed by atoms with E-state index in [0.29, 0.717) is 13.0 Å². The van der Waals surface area contributed by atoms with Crippen LogP contribution in [0.25, 0.3) is 17.0 Å². The highest BCUT2D eigenvalue weighted by Gasteiger charge is 2.15. The molecule has 0 atom stereocenters. The first-order valence-corrected chi connectivity index (χ1v) is 9.40. The van der Waals surface area contributed by atoms with Crippen molar-refractivity contribution in [3.63, 3.8) is 0 Å². The third-order valence-corrected chi connectivity index (χ3v) is 4.86. The summed E-state index contributed by atoms with van der Waals surface area (Å²) in [7, 11) is 0. The molecule has 0 saturated carbocycles. The van der Waals surface area contributed by atoms with Crippen molar-refractivity contribution in [2.24, 2.45) is 0 Å². The number of nitrogens with one attached hydrogen (secondary N) is 1. The largest absolute Gasteiger partial charge is 0.346 e. The lowest BCUT2D eigenvalue weighted by Gasteiger charge is -2.12. The second kappa shape index (κ2) is 8.46. The maximum absolute atomic E-state index is 12.8. The number of para-hydroxylation sites is 1. The highest BCUT2D eigenvalue weighted by Crippen LogP contribution is 2.25. The average Bonchev–Trinajstić information content (AvgIpc) is 3.04. The Kier molecular flexibility index (Phi) is 5.81. The molecule has 0 aliphatic carbocycles. The van der Waals surface area contributed by atoms with Gasteiger partial charge in [0, 0.05) is 34.9 Å². The van der Waals surface area contributed by atoms with Crippen LogP contribution in [0, 0.1) is 43.4 Å². The number of carbonyl (C=O) groups excluding carboxylic acids is 1. The summed E-state index contributed by atoms with van der Waals surface area (Å²) < 4.78 is 1.98. The molecular weight excluding hydrogens is 360 g/mol. The van der Waals surface area contributed by atoms with Crippen molar-refractivity contribution in [1.29, 1.82) is 10.5 Å². The zero-order chi connectivity index (χ0) is 21.0. The van der Waals surface area contributed by atoms with Crippen molar-refractivity contribution in [2.75, 3.05) is 5.32 Å². The van der Waals surface area contributed by atoms with Crippen LogP contribution < -0.4 is 5.32 Å². The van der Waals surface area contributed by atoms with Crippen molar-refractivity contribution in [3.05, 3.63) is 70.4 Å². The molecule has 1 amide bonds. The van der Waals surface area contributed by atoms with Gasteiger partial charge in [0.2, 0.25) is 0 Å². The molecule has 144 valence electrons. The van der Waals surface area contributed by atoms with E-state index in [1.807, 2.05) is 74.0 Å². The van der Waals surface area contributed by atoms with Crippen LogP contribution in [0.1, 0.15) is 28.7 Å². The van der Waals surface area contributed by atoms with Crippen LogP contribution in [0.4, 0.5) is 5.69 Å². The highest BCUT2D eigenvalue weighted by atomic mass is 16.1. The summed E-state index contributed by atoms with van der Waals surface area (Å²) in [6, 6.07) is 15.9. The minimum atomic E-state index is -0.434. The number of aryl methyl sites for hydroxylation is 4. The van der Waals surface area contributed by atoms with Crippen LogP contribution in [-0.4, -0.2) is 10.5 Å². The van der Waals surface area contributed by atoms with Crippen LogP contribution >= 0.6 is 0 Å². The Morgan fingerprint density at radius 3 is 2.48 bits per heavy atom. The summed E-state index contributed by atoms with van der Waals surface area (Å²) >= 11 is 0. The van der Waals surface area contributed by atoms with E-state index in [-0.39, 0.29) is 5.57 Å². The molecule has 0 spiro atoms. The first kappa shape index (κ1) is 19.9. The summed E-state index contributed by atoms with van der Waals surface area (Å²) in [6.07, 6.45) is 3.88. The first-order valence-electron chi connectivity index (χ1n) is 9.40. The van der Waals surface area contributed by atoms with Crippen molar-refractivity contribution in [3.8, 4) is 12.1 Å². The smallest absolute Gasteiger partial charge is 0.266 e. The average molecular weight is 382 g/mol. The standard InChI is InChI=1S/C24H22N4O/c1-16-11-17(2)23(18(3)12-16)27-24(29)19(14-26)13-20-15-28(10-6-9-25)22-8-5-4-7-21(20)22/h4-5,7-8,11-13,15H,6,10H2,1-3H3,(H,27,29)/b19-13+. The fraction of sp³-hybridized carbons (Fsp3) is 0.208. The molecule has 0 unspecified atom stereocenters. The van der Waals surface area contributed by atoms with Crippen LogP contribution in [0.2, 0.25) is 0 Å². The third kappa shape index (κ3) is 4.20. The predicted octanol–water partition coefficient (Wildman–Crippen LogP) is 5.03. The molecule has 0 fully saturated rings. The lowest BCUT2D eigenvalue weighted by atomic mass is 10.0. The Bertz CT molecular complexity index is 1180. The molecule has 0 radical (unpaired) electrons. The van der Waals surface area contributed by atoms with Crippen molar-refractivity contribution in [2.45, 2.75) is 33.7 Å². The van der Waals surface area contributed by atoms with E-state index in [0.717, 1.165) is 38.8 Å². The van der Waals surface area contributed by atoms with Gasteiger partial charge in [-0.15, -0.1) is 0 Å². The van der Waals surface area contributed by atoms with Crippen LogP contribution in [0.15, 0.2) is 48.2 Å². The maximum Gasteiger partial charge on any atom is 0.266 e. The Labute approximate surface area is 170 Å². The fourth-order valence-corrected chi connectivity index (χ4v) is 3.61. The number of nitrogens with zero attached hydrogens (tertiary/aromatic N) is 3. The van der Waals surface area contributed by atoms with E-state index in [2.05, 4.69) is 11.4 Å². The zero-order valence-corrected chi connectivity index (χ0v) is 16.8. The molecule has 1 aromatic heterocycles. The van der Waals surface area contributed by atoms with E-state index >= 15 is 0 Å². The third-order valence-electron chi connectivity index (χ3n) is 4.86. The van der Waals surface area contributed by atoms with Crippen LogP contribution in [0.5, 0.6) is 0 Å². The number of hydrogen-bond donors (Lipinski definition) is 1. The fourth-order valence-electron chi connectivity index (χ4n) is 3.61. The number of carbonyl (C=O) groups is 1. The Morgan fingerprint density at radius 2 is 1.83 bits per heavy atom. The van der Waals surface area contributed by atoms with Gasteiger partial charge in [-0.3, -0.25) is 4.79 Å². The number of fused-ring (bicyclic) bond motifs is 1. The summed E-state index contributed by atoms with van der Waals surface area (Å²) in [5.41, 5.74) is 5.56. The molecule has 0 saturated heterocycles.